The van der Waals surface area contributed by atoms with Crippen LogP contribution in [0, 0.1) is 6.92 Å². The molecule has 0 aliphatic carbocycles. The molecule has 0 fully saturated rings. The molecule has 0 spiro atoms. The predicted octanol–water partition coefficient (Wildman–Crippen LogP) is 2.66. The van der Waals surface area contributed by atoms with Crippen LogP contribution in [0.25, 0.3) is 0 Å². The molecule has 0 saturated heterocycles. The number of aryl methyl sites for hydroxylation is 1. The first-order valence-corrected chi connectivity index (χ1v) is 5.36. The minimum atomic E-state index is -0.186. The Hall–Kier alpha value is -1.02. The highest BCUT2D eigenvalue weighted by Crippen LogP contribution is 2.28. The van der Waals surface area contributed by atoms with Gasteiger partial charge in [0.25, 0.3) is 0 Å². The summed E-state index contributed by atoms with van der Waals surface area (Å²) in [6.07, 6.45) is 0. The van der Waals surface area contributed by atoms with Crippen LogP contribution < -0.4 is 4.74 Å². The predicted molar refractivity (Wildman–Crippen MR) is 62.5 cm³/mol. The fourth-order valence-electron chi connectivity index (χ4n) is 1.74. The van der Waals surface area contributed by atoms with E-state index >= 15 is 0 Å². The highest BCUT2D eigenvalue weighted by molar-refractivity contribution is 5.38. The Morgan fingerprint density at radius 1 is 1.33 bits per heavy atom. The summed E-state index contributed by atoms with van der Waals surface area (Å²) in [6, 6.07) is 6.02. The van der Waals surface area contributed by atoms with Gasteiger partial charge in [-0.25, -0.2) is 0 Å². The molecular weight excluding hydrogens is 188 g/mol. The van der Waals surface area contributed by atoms with Crippen LogP contribution in [0.2, 0.25) is 0 Å². The van der Waals surface area contributed by atoms with Crippen molar-refractivity contribution in [1.82, 2.24) is 0 Å². The average molecular weight is 208 g/mol. The third-order valence-corrected chi connectivity index (χ3v) is 2.63. The smallest absolute Gasteiger partial charge is 0.119 e. The van der Waals surface area contributed by atoms with E-state index < -0.39 is 0 Å². The van der Waals surface area contributed by atoms with E-state index in [1.807, 2.05) is 39.0 Å². The van der Waals surface area contributed by atoms with E-state index in [9.17, 15) is 5.11 Å². The van der Waals surface area contributed by atoms with E-state index in [1.54, 1.807) is 0 Å². The highest BCUT2D eigenvalue weighted by Gasteiger charge is 2.21. The van der Waals surface area contributed by atoms with Gasteiger partial charge >= 0.3 is 0 Å². The average Bonchev–Trinajstić information content (AvgIpc) is 2.18. The maximum Gasteiger partial charge on any atom is 0.119 e. The summed E-state index contributed by atoms with van der Waals surface area (Å²) in [4.78, 5) is 0. The highest BCUT2D eigenvalue weighted by atomic mass is 16.5. The van der Waals surface area contributed by atoms with Crippen molar-refractivity contribution in [1.29, 1.82) is 0 Å². The molecule has 0 atom stereocenters. The minimum absolute atomic E-state index is 0.155. The molecule has 0 aromatic heterocycles. The monoisotopic (exact) mass is 208 g/mol. The van der Waals surface area contributed by atoms with Crippen molar-refractivity contribution in [3.05, 3.63) is 29.3 Å². The lowest BCUT2D eigenvalue weighted by Gasteiger charge is -2.24. The van der Waals surface area contributed by atoms with Crippen molar-refractivity contribution in [2.45, 2.75) is 33.1 Å². The van der Waals surface area contributed by atoms with Crippen LogP contribution in [-0.4, -0.2) is 18.3 Å². The number of hydrogen-bond donors (Lipinski definition) is 1. The van der Waals surface area contributed by atoms with Gasteiger partial charge in [0.2, 0.25) is 0 Å². The summed E-state index contributed by atoms with van der Waals surface area (Å²) >= 11 is 0. The Bertz CT molecular complexity index is 329. The zero-order valence-electron chi connectivity index (χ0n) is 10.0. The van der Waals surface area contributed by atoms with E-state index in [0.29, 0.717) is 6.61 Å². The molecular formula is C13H20O2. The van der Waals surface area contributed by atoms with Crippen molar-refractivity contribution in [3.8, 4) is 5.75 Å². The molecule has 0 aliphatic heterocycles. The molecule has 1 N–H and O–H groups in total. The van der Waals surface area contributed by atoms with Crippen molar-refractivity contribution >= 4 is 0 Å². The second-order valence-electron chi connectivity index (χ2n) is 4.45. The van der Waals surface area contributed by atoms with Crippen LogP contribution >= 0.6 is 0 Å². The van der Waals surface area contributed by atoms with Gasteiger partial charge in [0, 0.05) is 5.41 Å². The van der Waals surface area contributed by atoms with Gasteiger partial charge in [0.15, 0.2) is 0 Å². The minimum Gasteiger partial charge on any atom is -0.494 e. The Labute approximate surface area is 91.9 Å². The molecule has 0 amide bonds. The fraction of sp³-hybridized carbons (Fsp3) is 0.538. The molecule has 1 aromatic carbocycles. The van der Waals surface area contributed by atoms with Gasteiger partial charge in [-0.15, -0.1) is 0 Å². The summed E-state index contributed by atoms with van der Waals surface area (Å²) in [7, 11) is 0. The first kappa shape index (κ1) is 12.1. The van der Waals surface area contributed by atoms with Gasteiger partial charge in [0.1, 0.15) is 5.75 Å². The van der Waals surface area contributed by atoms with Crippen LogP contribution in [0.4, 0.5) is 0 Å². The molecule has 15 heavy (non-hydrogen) atoms. The van der Waals surface area contributed by atoms with E-state index in [0.717, 1.165) is 5.75 Å². The van der Waals surface area contributed by atoms with Gasteiger partial charge < -0.3 is 9.84 Å². The summed E-state index contributed by atoms with van der Waals surface area (Å²) < 4.78 is 5.43. The largest absolute Gasteiger partial charge is 0.494 e. The molecule has 0 heterocycles. The first-order valence-electron chi connectivity index (χ1n) is 5.36. The maximum atomic E-state index is 9.31. The molecule has 2 heteroatoms. The molecule has 2 nitrogen and oxygen atoms in total. The number of benzene rings is 1. The quantitative estimate of drug-likeness (QED) is 0.824. The summed E-state index contributed by atoms with van der Waals surface area (Å²) in [5.74, 6) is 0.896. The van der Waals surface area contributed by atoms with Gasteiger partial charge in [-0.3, -0.25) is 0 Å². The fourth-order valence-corrected chi connectivity index (χ4v) is 1.74. The third kappa shape index (κ3) is 2.72. The molecule has 1 rings (SSSR count). The number of rotatable bonds is 4. The van der Waals surface area contributed by atoms with Crippen molar-refractivity contribution in [2.24, 2.45) is 0 Å². The maximum absolute atomic E-state index is 9.31. The molecule has 0 radical (unpaired) electrons. The molecule has 0 bridgehead atoms. The second-order valence-corrected chi connectivity index (χ2v) is 4.45. The lowest BCUT2D eigenvalue weighted by molar-refractivity contribution is 0.218. The molecule has 84 valence electrons. The van der Waals surface area contributed by atoms with Gasteiger partial charge in [-0.2, -0.15) is 0 Å². The van der Waals surface area contributed by atoms with E-state index in [2.05, 4.69) is 6.92 Å². The molecule has 0 unspecified atom stereocenters. The number of aliphatic hydroxyl groups is 1. The number of ether oxygens (including phenoxy) is 1. The van der Waals surface area contributed by atoms with Crippen LogP contribution in [0.5, 0.6) is 5.75 Å². The summed E-state index contributed by atoms with van der Waals surface area (Å²) in [5, 5.41) is 9.31. The van der Waals surface area contributed by atoms with Gasteiger partial charge in [0.05, 0.1) is 13.2 Å². The summed E-state index contributed by atoms with van der Waals surface area (Å²) in [6.45, 7) is 8.94. The van der Waals surface area contributed by atoms with Crippen LogP contribution in [0.3, 0.4) is 0 Å². The molecule has 0 aliphatic rings. The van der Waals surface area contributed by atoms with E-state index in [1.165, 1.54) is 11.1 Å². The van der Waals surface area contributed by atoms with Crippen molar-refractivity contribution in [2.75, 3.05) is 13.2 Å². The second kappa shape index (κ2) is 4.67. The number of hydrogen-bond acceptors (Lipinski definition) is 2. The zero-order chi connectivity index (χ0) is 11.5. The standard InChI is InChI=1S/C13H20O2/c1-5-15-11-6-7-12(10(2)8-11)13(3,4)9-14/h6-8,14H,5,9H2,1-4H3. The topological polar surface area (TPSA) is 29.5 Å². The van der Waals surface area contributed by atoms with Crippen LogP contribution in [0.15, 0.2) is 18.2 Å². The Morgan fingerprint density at radius 3 is 2.47 bits per heavy atom. The van der Waals surface area contributed by atoms with E-state index in [-0.39, 0.29) is 12.0 Å². The SMILES string of the molecule is CCOc1ccc(C(C)(C)CO)c(C)c1. The van der Waals surface area contributed by atoms with E-state index in [4.69, 9.17) is 4.74 Å². The Kier molecular flexibility index (Phi) is 3.75. The lowest BCUT2D eigenvalue weighted by atomic mass is 9.83. The van der Waals surface area contributed by atoms with Crippen LogP contribution in [0.1, 0.15) is 31.9 Å². The van der Waals surface area contributed by atoms with Crippen LogP contribution in [-0.2, 0) is 5.41 Å². The Morgan fingerprint density at radius 2 is 2.00 bits per heavy atom. The number of aliphatic hydroxyl groups excluding tert-OH is 1. The first-order chi connectivity index (χ1) is 7.01. The van der Waals surface area contributed by atoms with Gasteiger partial charge in [-0.1, -0.05) is 19.9 Å². The van der Waals surface area contributed by atoms with Gasteiger partial charge in [-0.05, 0) is 37.1 Å². The zero-order valence-corrected chi connectivity index (χ0v) is 10.0. The van der Waals surface area contributed by atoms with Crippen molar-refractivity contribution in [3.63, 3.8) is 0 Å². The Balaban J connectivity index is 3.03. The molecule has 1 aromatic rings. The van der Waals surface area contributed by atoms with Crippen molar-refractivity contribution < 1.29 is 9.84 Å². The third-order valence-electron chi connectivity index (χ3n) is 2.63. The normalized spacial score (nSPS) is 11.5. The lowest BCUT2D eigenvalue weighted by Crippen LogP contribution is -2.23. The summed E-state index contributed by atoms with van der Waals surface area (Å²) in [5.41, 5.74) is 2.16. The molecule has 0 saturated carbocycles.